The minimum atomic E-state index is -1.67. The van der Waals surface area contributed by atoms with Crippen molar-refractivity contribution in [2.24, 2.45) is 22.9 Å². The minimum absolute atomic E-state index is 0.00270. The number of hydroxylamine groups is 2. The van der Waals surface area contributed by atoms with Crippen LogP contribution in [0.5, 0.6) is 0 Å². The van der Waals surface area contributed by atoms with Crippen molar-refractivity contribution < 1.29 is 57.9 Å². The molecule has 32 nitrogen and oxygen atoms in total. The fraction of sp³-hybridized carbons (Fsp3) is 0.431. The fourth-order valence-corrected chi connectivity index (χ4v) is 8.32. The maximum atomic E-state index is 14.6. The number of carbonyl (C=O) groups is 9. The van der Waals surface area contributed by atoms with Gasteiger partial charge in [-0.2, -0.15) is 0 Å². The summed E-state index contributed by atoms with van der Waals surface area (Å²) in [4.78, 5) is 137. The lowest BCUT2D eigenvalue weighted by atomic mass is 10.0. The molecular weight excluding hydrogens is 1080 g/mol. The number of carboxylic acids is 1. The Morgan fingerprint density at radius 2 is 0.892 bits per heavy atom. The predicted molar refractivity (Wildman–Crippen MR) is 301 cm³/mol. The highest BCUT2D eigenvalue weighted by Crippen LogP contribution is 2.18. The van der Waals surface area contributed by atoms with E-state index >= 15 is 0 Å². The molecule has 0 radical (unpaired) electrons. The molecule has 0 saturated carbocycles. The van der Waals surface area contributed by atoms with Crippen molar-refractivity contribution in [1.82, 2.24) is 64.1 Å². The second-order valence-corrected chi connectivity index (χ2v) is 19.0. The summed E-state index contributed by atoms with van der Waals surface area (Å²) in [5.41, 5.74) is 27.0. The van der Waals surface area contributed by atoms with Crippen LogP contribution in [-0.2, 0) is 65.7 Å². The molecule has 3 aromatic rings. The topological polar surface area (TPSA) is 536 Å². The Hall–Kier alpha value is -9.85. The maximum absolute atomic E-state index is 14.6. The van der Waals surface area contributed by atoms with E-state index in [9.17, 15) is 48.3 Å². The van der Waals surface area contributed by atoms with Crippen LogP contribution < -0.4 is 87.1 Å². The maximum Gasteiger partial charge on any atom is 0.303 e. The van der Waals surface area contributed by atoms with Crippen LogP contribution in [0, 0.1) is 21.6 Å². The lowest BCUT2D eigenvalue weighted by molar-refractivity contribution is -0.138. The molecule has 0 aromatic heterocycles. The van der Waals surface area contributed by atoms with Crippen LogP contribution in [0.3, 0.4) is 0 Å². The van der Waals surface area contributed by atoms with E-state index in [0.717, 1.165) is 10.8 Å². The molecule has 1 aliphatic heterocycles. The zero-order valence-electron chi connectivity index (χ0n) is 45.3. The summed E-state index contributed by atoms with van der Waals surface area (Å²) in [6.45, 7) is -1.57. The lowest BCUT2D eigenvalue weighted by Crippen LogP contribution is -2.61. The fourth-order valence-electron chi connectivity index (χ4n) is 8.32. The molecule has 0 unspecified atom stereocenters. The number of fused-ring (bicyclic) bond motifs is 1. The first-order valence-electron chi connectivity index (χ1n) is 26.3. The highest BCUT2D eigenvalue weighted by Gasteiger charge is 2.35. The van der Waals surface area contributed by atoms with Crippen molar-refractivity contribution in [1.29, 1.82) is 21.6 Å². The first-order valence-corrected chi connectivity index (χ1v) is 26.3. The van der Waals surface area contributed by atoms with Gasteiger partial charge in [0.15, 0.2) is 11.9 Å². The first-order chi connectivity index (χ1) is 39.6. The smallest absolute Gasteiger partial charge is 0.303 e. The Morgan fingerprint density at radius 3 is 1.36 bits per heavy atom. The standard InChI is InChI=1S/C51H74N20O12/c52-48(53)60-20-6-12-32-42(76)66-34(16-17-40(73)74)44(78)69-37(25-28-8-2-1-3-9-28)41(75)62-27-39(72)63-38(26-29-14-15-30-10-4-5-11-31(30)24-29)47(81)68-36(19-23-83-71-51(58)59)46(80)65-33(13-7-21-61-49(54)55)43(77)67-35(45(79)64-32)18-22-82-70-50(56)57/h1-5,8-11,14-15,24,32-38H,6-7,12-13,16-23,25-27H2,(H,62,75)(H,63,72)(H,64,79)(H,65,80)(H,66,76)(H,67,77)(H,68,81)(H,69,78)(H,73,74)(H4,52,53,60)(H4,54,55,61)(H4,56,57,70)(H4,58,59,71)/t32-,33-,34+,35+,36+,37+,38+/m1/s1. The highest BCUT2D eigenvalue weighted by atomic mass is 16.6. The molecule has 0 spiro atoms. The highest BCUT2D eigenvalue weighted by molar-refractivity contribution is 5.99. The third-order valence-corrected chi connectivity index (χ3v) is 12.4. The molecule has 450 valence electrons. The third kappa shape index (κ3) is 24.6. The van der Waals surface area contributed by atoms with E-state index in [2.05, 4.69) is 64.1 Å². The van der Waals surface area contributed by atoms with Crippen molar-refractivity contribution in [3.8, 4) is 0 Å². The van der Waals surface area contributed by atoms with Crippen molar-refractivity contribution >= 4 is 87.8 Å². The number of hydrogen-bond donors (Lipinski definition) is 21. The summed E-state index contributed by atoms with van der Waals surface area (Å²) in [5.74, 6) is -11.2. The van der Waals surface area contributed by atoms with Crippen LogP contribution in [0.15, 0.2) is 72.8 Å². The average molecular weight is 1160 g/mol. The van der Waals surface area contributed by atoms with Crippen LogP contribution in [0.1, 0.15) is 62.5 Å². The monoisotopic (exact) mass is 1160 g/mol. The Kier molecular flexibility index (Phi) is 27.2. The third-order valence-electron chi connectivity index (χ3n) is 12.4. The van der Waals surface area contributed by atoms with Gasteiger partial charge in [-0.1, -0.05) is 72.8 Å². The van der Waals surface area contributed by atoms with Crippen LogP contribution in [0.2, 0.25) is 0 Å². The van der Waals surface area contributed by atoms with Gasteiger partial charge in [-0.15, -0.1) is 0 Å². The van der Waals surface area contributed by atoms with E-state index in [-0.39, 0.29) is 64.6 Å². The van der Waals surface area contributed by atoms with Crippen molar-refractivity contribution in [3.05, 3.63) is 83.9 Å². The summed E-state index contributed by atoms with van der Waals surface area (Å²) in [5, 5.41) is 67.2. The number of amides is 8. The van der Waals surface area contributed by atoms with E-state index in [4.69, 9.17) is 54.2 Å². The van der Waals surface area contributed by atoms with Gasteiger partial charge in [0.2, 0.25) is 59.2 Å². The number of hydrogen-bond acceptors (Lipinski definition) is 15. The number of carboxylic acid groups (broad SMARTS) is 1. The summed E-state index contributed by atoms with van der Waals surface area (Å²) in [7, 11) is 0. The van der Waals surface area contributed by atoms with Gasteiger partial charge >= 0.3 is 5.97 Å². The van der Waals surface area contributed by atoms with Crippen LogP contribution in [-0.4, -0.2) is 157 Å². The summed E-state index contributed by atoms with van der Waals surface area (Å²) < 4.78 is 0. The Bertz CT molecular complexity index is 2790. The van der Waals surface area contributed by atoms with E-state index in [1.54, 1.807) is 48.5 Å². The molecule has 0 bridgehead atoms. The number of guanidine groups is 4. The number of rotatable bonds is 23. The molecule has 3 aromatic carbocycles. The number of nitrogens with one attached hydrogen (secondary N) is 16. The average Bonchev–Trinajstić information content (AvgIpc) is 3.55. The molecule has 32 heteroatoms. The molecule has 4 rings (SSSR count). The first kappa shape index (κ1) is 65.7. The lowest BCUT2D eigenvalue weighted by Gasteiger charge is -2.28. The second-order valence-electron chi connectivity index (χ2n) is 19.0. The molecule has 1 heterocycles. The molecule has 1 fully saturated rings. The molecule has 8 amide bonds. The Labute approximate surface area is 476 Å². The predicted octanol–water partition coefficient (Wildman–Crippen LogP) is -4.85. The molecule has 0 aliphatic carbocycles. The van der Waals surface area contributed by atoms with E-state index < -0.39 is 152 Å². The normalized spacial score (nSPS) is 20.7. The zero-order valence-corrected chi connectivity index (χ0v) is 45.3. The van der Waals surface area contributed by atoms with E-state index in [0.29, 0.717) is 11.1 Å². The summed E-state index contributed by atoms with van der Waals surface area (Å²) in [6.07, 6.45) is -2.64. The quantitative estimate of drug-likeness (QED) is 0.0183. The molecule has 7 atom stereocenters. The second kappa shape index (κ2) is 34.3. The molecule has 25 N–H and O–H groups in total. The van der Waals surface area contributed by atoms with Gasteiger partial charge in [-0.25, -0.2) is 11.0 Å². The summed E-state index contributed by atoms with van der Waals surface area (Å²) >= 11 is 0. The number of nitrogens with two attached hydrogens (primary N) is 4. The molecular formula is C51H74N20O12. The van der Waals surface area contributed by atoms with Gasteiger partial charge in [-0.05, 0) is 54.0 Å². The molecule has 1 aliphatic rings. The van der Waals surface area contributed by atoms with E-state index in [1.165, 1.54) is 0 Å². The Morgan fingerprint density at radius 1 is 0.482 bits per heavy atom. The zero-order chi connectivity index (χ0) is 60.8. The largest absolute Gasteiger partial charge is 0.481 e. The van der Waals surface area contributed by atoms with Crippen molar-refractivity contribution in [2.75, 3.05) is 32.8 Å². The van der Waals surface area contributed by atoms with E-state index in [1.807, 2.05) is 24.3 Å². The van der Waals surface area contributed by atoms with Gasteiger partial charge in [0.25, 0.3) is 0 Å². The molecule has 1 saturated heterocycles. The van der Waals surface area contributed by atoms with Crippen molar-refractivity contribution in [3.63, 3.8) is 0 Å². The summed E-state index contributed by atoms with van der Waals surface area (Å²) in [6, 6.07) is 10.1. The number of benzene rings is 3. The molecule has 83 heavy (non-hydrogen) atoms. The van der Waals surface area contributed by atoms with Gasteiger partial charge < -0.3 is 81.2 Å². The van der Waals surface area contributed by atoms with Gasteiger partial charge in [-0.3, -0.25) is 74.5 Å². The van der Waals surface area contributed by atoms with Crippen molar-refractivity contribution in [2.45, 2.75) is 107 Å². The van der Waals surface area contributed by atoms with Gasteiger partial charge in [0.1, 0.15) is 42.3 Å². The van der Waals surface area contributed by atoms with Gasteiger partial charge in [0, 0.05) is 45.2 Å². The number of carbonyl (C=O) groups excluding carboxylic acids is 8. The number of aliphatic carboxylic acids is 1. The SMILES string of the molecule is N=C(N)NCCC[C@H]1NC(=O)[C@H](CCONC(=N)N)NC(=O)[C@@H](CCCNC(=N)N)NC(=O)[C@H](CCONC(=N)N)NC(=O)[C@H](Cc2ccc3ccccc3c2)NC(=O)CNC(=O)[C@H](Cc2ccccc2)NC(=O)[C@H](CCC(=O)O)NC1=O. The van der Waals surface area contributed by atoms with Crippen LogP contribution >= 0.6 is 0 Å². The van der Waals surface area contributed by atoms with Crippen LogP contribution in [0.4, 0.5) is 0 Å². The van der Waals surface area contributed by atoms with Gasteiger partial charge in [0.05, 0.1) is 19.8 Å². The minimum Gasteiger partial charge on any atom is -0.481 e. The Balaban J connectivity index is 1.87. The van der Waals surface area contributed by atoms with Crippen LogP contribution in [0.25, 0.3) is 10.8 Å².